The highest BCUT2D eigenvalue weighted by molar-refractivity contribution is 5.60. The maximum absolute atomic E-state index is 5.52. The summed E-state index contributed by atoms with van der Waals surface area (Å²) >= 11 is 0. The number of ether oxygens (including phenoxy) is 1. The molecule has 0 radical (unpaired) electrons. The summed E-state index contributed by atoms with van der Waals surface area (Å²) < 4.78 is 5.52. The Bertz CT molecular complexity index is 472. The zero-order valence-electron chi connectivity index (χ0n) is 12.2. The van der Waals surface area contributed by atoms with Crippen LogP contribution in [0.5, 0.6) is 5.75 Å². The maximum atomic E-state index is 5.52. The van der Waals surface area contributed by atoms with E-state index in [9.17, 15) is 0 Å². The monoisotopic (exact) mass is 260 g/mol. The molecule has 19 heavy (non-hydrogen) atoms. The van der Waals surface area contributed by atoms with E-state index < -0.39 is 0 Å². The van der Waals surface area contributed by atoms with Crippen molar-refractivity contribution in [3.05, 3.63) is 23.3 Å². The zero-order valence-corrected chi connectivity index (χ0v) is 12.2. The van der Waals surface area contributed by atoms with E-state index >= 15 is 0 Å². The maximum Gasteiger partial charge on any atom is 0.126 e. The van der Waals surface area contributed by atoms with Gasteiger partial charge in [0.05, 0.1) is 7.11 Å². The molecule has 2 fully saturated rings. The van der Waals surface area contributed by atoms with Gasteiger partial charge in [-0.15, -0.1) is 0 Å². The number of hydrogen-bond donors (Lipinski definition) is 1. The third kappa shape index (κ3) is 2.20. The first-order chi connectivity index (χ1) is 9.20. The molecule has 0 aliphatic carbocycles. The number of aryl methyl sites for hydroxylation is 1. The summed E-state index contributed by atoms with van der Waals surface area (Å²) in [5.74, 6) is 1.02. The summed E-state index contributed by atoms with van der Waals surface area (Å²) in [6.45, 7) is 6.79. The van der Waals surface area contributed by atoms with Crippen molar-refractivity contribution in [3.63, 3.8) is 0 Å². The predicted molar refractivity (Wildman–Crippen MR) is 79.1 cm³/mol. The Morgan fingerprint density at radius 3 is 2.84 bits per heavy atom. The normalized spacial score (nSPS) is 26.5. The summed E-state index contributed by atoms with van der Waals surface area (Å²) in [5, 5.41) is 3.76. The number of fused-ring (bicyclic) bond motifs is 1. The molecule has 2 saturated heterocycles. The first-order valence-electron chi connectivity index (χ1n) is 7.35. The minimum atomic E-state index is 0.605. The van der Waals surface area contributed by atoms with E-state index in [2.05, 4.69) is 36.2 Å². The summed E-state index contributed by atoms with van der Waals surface area (Å²) in [4.78, 5) is 2.64. The van der Waals surface area contributed by atoms with Crippen LogP contribution in [-0.4, -0.2) is 37.2 Å². The lowest BCUT2D eigenvalue weighted by molar-refractivity contribution is 0.318. The highest BCUT2D eigenvalue weighted by Crippen LogP contribution is 2.34. The van der Waals surface area contributed by atoms with Crippen LogP contribution < -0.4 is 10.1 Å². The molecule has 0 saturated carbocycles. The number of nitrogens with zero attached hydrogens (tertiary/aromatic N) is 1. The molecule has 2 heterocycles. The van der Waals surface area contributed by atoms with Gasteiger partial charge in [-0.2, -0.15) is 0 Å². The standard InChI is InChI=1S/C16H24N2O/c1-11-6-7-13(12(2)16(11)19-3)17-14-8-10-18-9-4-5-15(14)18/h6-7,14-15,17H,4-5,8-10H2,1-3H3. The van der Waals surface area contributed by atoms with Gasteiger partial charge >= 0.3 is 0 Å². The van der Waals surface area contributed by atoms with Crippen molar-refractivity contribution in [2.75, 3.05) is 25.5 Å². The van der Waals surface area contributed by atoms with Gasteiger partial charge in [0.25, 0.3) is 0 Å². The van der Waals surface area contributed by atoms with Crippen molar-refractivity contribution in [2.24, 2.45) is 0 Å². The number of rotatable bonds is 3. The minimum absolute atomic E-state index is 0.605. The molecular weight excluding hydrogens is 236 g/mol. The van der Waals surface area contributed by atoms with Crippen LogP contribution in [-0.2, 0) is 0 Å². The van der Waals surface area contributed by atoms with E-state index in [0.717, 1.165) is 11.8 Å². The fourth-order valence-electron chi connectivity index (χ4n) is 3.75. The molecular formula is C16H24N2O. The van der Waals surface area contributed by atoms with E-state index in [-0.39, 0.29) is 0 Å². The van der Waals surface area contributed by atoms with E-state index in [4.69, 9.17) is 4.74 Å². The number of nitrogens with one attached hydrogen (secondary N) is 1. The van der Waals surface area contributed by atoms with Gasteiger partial charge in [-0.1, -0.05) is 6.07 Å². The molecule has 0 amide bonds. The number of anilines is 1. The first-order valence-corrected chi connectivity index (χ1v) is 7.35. The van der Waals surface area contributed by atoms with Gasteiger partial charge in [-0.25, -0.2) is 0 Å². The van der Waals surface area contributed by atoms with Crippen molar-refractivity contribution in [2.45, 2.75) is 45.2 Å². The number of benzene rings is 1. The summed E-state index contributed by atoms with van der Waals surface area (Å²) in [6, 6.07) is 5.70. The average Bonchev–Trinajstić information content (AvgIpc) is 2.98. The SMILES string of the molecule is COc1c(C)ccc(NC2CCN3CCCC23)c1C. The van der Waals surface area contributed by atoms with Gasteiger partial charge in [0, 0.05) is 29.9 Å². The van der Waals surface area contributed by atoms with E-state index in [1.165, 1.54) is 49.2 Å². The molecule has 0 spiro atoms. The molecule has 0 aromatic heterocycles. The molecule has 0 bridgehead atoms. The van der Waals surface area contributed by atoms with E-state index in [1.54, 1.807) is 7.11 Å². The summed E-state index contributed by atoms with van der Waals surface area (Å²) in [6.07, 6.45) is 3.97. The largest absolute Gasteiger partial charge is 0.496 e. The molecule has 2 aliphatic rings. The number of hydrogen-bond acceptors (Lipinski definition) is 3. The van der Waals surface area contributed by atoms with E-state index in [0.29, 0.717) is 6.04 Å². The Morgan fingerprint density at radius 2 is 2.05 bits per heavy atom. The molecule has 1 aromatic rings. The highest BCUT2D eigenvalue weighted by atomic mass is 16.5. The Hall–Kier alpha value is -1.22. The summed E-state index contributed by atoms with van der Waals surface area (Å²) in [5.41, 5.74) is 3.68. The summed E-state index contributed by atoms with van der Waals surface area (Å²) in [7, 11) is 1.76. The fourth-order valence-corrected chi connectivity index (χ4v) is 3.75. The lowest BCUT2D eigenvalue weighted by Gasteiger charge is -2.24. The third-order valence-electron chi connectivity index (χ3n) is 4.75. The Balaban J connectivity index is 1.80. The van der Waals surface area contributed by atoms with Gasteiger partial charge in [0.15, 0.2) is 0 Å². The quantitative estimate of drug-likeness (QED) is 0.904. The van der Waals surface area contributed by atoms with Crippen LogP contribution in [0.15, 0.2) is 12.1 Å². The fraction of sp³-hybridized carbons (Fsp3) is 0.625. The first kappa shape index (κ1) is 12.8. The molecule has 104 valence electrons. The second-order valence-corrected chi connectivity index (χ2v) is 5.87. The van der Waals surface area contributed by atoms with Gasteiger partial charge in [-0.05, 0) is 51.3 Å². The second kappa shape index (κ2) is 5.04. The van der Waals surface area contributed by atoms with Gasteiger partial charge in [-0.3, -0.25) is 4.90 Å². The van der Waals surface area contributed by atoms with Crippen molar-refractivity contribution in [1.29, 1.82) is 0 Å². The molecule has 3 rings (SSSR count). The molecule has 2 unspecified atom stereocenters. The van der Waals surface area contributed by atoms with Gasteiger partial charge < -0.3 is 10.1 Å². The van der Waals surface area contributed by atoms with Gasteiger partial charge in [0.1, 0.15) is 5.75 Å². The Labute approximate surface area is 115 Å². The number of methoxy groups -OCH3 is 1. The van der Waals surface area contributed by atoms with Crippen LogP contribution >= 0.6 is 0 Å². The Kier molecular flexibility index (Phi) is 3.40. The molecule has 2 aliphatic heterocycles. The average molecular weight is 260 g/mol. The van der Waals surface area contributed by atoms with Crippen molar-refractivity contribution < 1.29 is 4.74 Å². The van der Waals surface area contributed by atoms with Crippen LogP contribution in [0.25, 0.3) is 0 Å². The highest BCUT2D eigenvalue weighted by Gasteiger charge is 2.37. The van der Waals surface area contributed by atoms with Crippen molar-refractivity contribution >= 4 is 5.69 Å². The van der Waals surface area contributed by atoms with E-state index in [1.807, 2.05) is 0 Å². The van der Waals surface area contributed by atoms with Crippen molar-refractivity contribution in [1.82, 2.24) is 4.90 Å². The van der Waals surface area contributed by atoms with Crippen LogP contribution in [0.1, 0.15) is 30.4 Å². The molecule has 1 aromatic carbocycles. The molecule has 1 N–H and O–H groups in total. The molecule has 3 nitrogen and oxygen atoms in total. The molecule has 3 heteroatoms. The smallest absolute Gasteiger partial charge is 0.126 e. The zero-order chi connectivity index (χ0) is 13.4. The van der Waals surface area contributed by atoms with Crippen LogP contribution in [0.3, 0.4) is 0 Å². The molecule has 2 atom stereocenters. The second-order valence-electron chi connectivity index (χ2n) is 5.87. The lowest BCUT2D eigenvalue weighted by Crippen LogP contribution is -2.33. The Morgan fingerprint density at radius 1 is 1.21 bits per heavy atom. The lowest BCUT2D eigenvalue weighted by atomic mass is 10.0. The van der Waals surface area contributed by atoms with Crippen LogP contribution in [0.4, 0.5) is 5.69 Å². The predicted octanol–water partition coefficient (Wildman–Crippen LogP) is 2.96. The van der Waals surface area contributed by atoms with Crippen molar-refractivity contribution in [3.8, 4) is 5.75 Å². The van der Waals surface area contributed by atoms with Gasteiger partial charge in [0.2, 0.25) is 0 Å². The van der Waals surface area contributed by atoms with Crippen LogP contribution in [0.2, 0.25) is 0 Å². The third-order valence-corrected chi connectivity index (χ3v) is 4.75. The minimum Gasteiger partial charge on any atom is -0.496 e. The van der Waals surface area contributed by atoms with Crippen LogP contribution in [0, 0.1) is 13.8 Å². The topological polar surface area (TPSA) is 24.5 Å².